The Morgan fingerprint density at radius 3 is 2.71 bits per heavy atom. The summed E-state index contributed by atoms with van der Waals surface area (Å²) in [6.45, 7) is 4.46. The summed E-state index contributed by atoms with van der Waals surface area (Å²) in [7, 11) is 0. The molecule has 88 valence electrons. The lowest BCUT2D eigenvalue weighted by Gasteiger charge is -2.14. The quantitative estimate of drug-likeness (QED) is 0.780. The van der Waals surface area contributed by atoms with Crippen molar-refractivity contribution in [2.24, 2.45) is 5.92 Å². The molecule has 0 saturated heterocycles. The van der Waals surface area contributed by atoms with Crippen LogP contribution >= 0.6 is 0 Å². The standard InChI is InChI=1S/C16H19N/c1-13-8-6-7-11-16(12-14(13)2)17-15-9-4-3-5-10-15/h3-7,9-13,17H,8H2,1-2H3/b7-6-,14-12+,16-11+. The maximum atomic E-state index is 3.43. The largest absolute Gasteiger partial charge is 0.356 e. The summed E-state index contributed by atoms with van der Waals surface area (Å²) in [4.78, 5) is 0. The fourth-order valence-electron chi connectivity index (χ4n) is 1.84. The van der Waals surface area contributed by atoms with Crippen molar-refractivity contribution >= 4 is 5.69 Å². The summed E-state index contributed by atoms with van der Waals surface area (Å²) in [5.74, 6) is 0.618. The van der Waals surface area contributed by atoms with Gasteiger partial charge in [0.2, 0.25) is 0 Å². The summed E-state index contributed by atoms with van der Waals surface area (Å²) in [5, 5.41) is 3.43. The molecule has 1 aliphatic carbocycles. The molecule has 1 heteroatoms. The van der Waals surface area contributed by atoms with Crippen LogP contribution in [0.3, 0.4) is 0 Å². The average molecular weight is 225 g/mol. The SMILES string of the molecule is C\C1=C/C(Nc2ccccc2)=C\C=C/CC1C. The van der Waals surface area contributed by atoms with Crippen molar-refractivity contribution in [1.29, 1.82) is 0 Å². The fourth-order valence-corrected chi connectivity index (χ4v) is 1.84. The molecular formula is C16H19N. The highest BCUT2D eigenvalue weighted by Gasteiger charge is 2.05. The van der Waals surface area contributed by atoms with Gasteiger partial charge in [0.25, 0.3) is 0 Å². The van der Waals surface area contributed by atoms with Crippen molar-refractivity contribution in [3.8, 4) is 0 Å². The van der Waals surface area contributed by atoms with Crippen molar-refractivity contribution in [2.45, 2.75) is 20.3 Å². The van der Waals surface area contributed by atoms with E-state index in [4.69, 9.17) is 0 Å². The first kappa shape index (κ1) is 11.7. The molecule has 1 aliphatic rings. The Hall–Kier alpha value is -1.76. The number of anilines is 1. The predicted octanol–water partition coefficient (Wildman–Crippen LogP) is 4.52. The van der Waals surface area contributed by atoms with Crippen LogP contribution in [-0.4, -0.2) is 0 Å². The zero-order chi connectivity index (χ0) is 12.1. The van der Waals surface area contributed by atoms with E-state index in [-0.39, 0.29) is 0 Å². The lowest BCUT2D eigenvalue weighted by Crippen LogP contribution is -2.02. The topological polar surface area (TPSA) is 12.0 Å². The molecule has 1 N–H and O–H groups in total. The third-order valence-corrected chi connectivity index (χ3v) is 3.12. The molecule has 0 fully saturated rings. The number of hydrogen-bond donors (Lipinski definition) is 1. The molecule has 1 atom stereocenters. The van der Waals surface area contributed by atoms with E-state index < -0.39 is 0 Å². The van der Waals surface area contributed by atoms with Gasteiger partial charge in [-0.15, -0.1) is 0 Å². The van der Waals surface area contributed by atoms with Crippen LogP contribution in [0.5, 0.6) is 0 Å². The molecule has 0 saturated carbocycles. The van der Waals surface area contributed by atoms with Crippen LogP contribution in [0.4, 0.5) is 5.69 Å². The second-order valence-electron chi connectivity index (χ2n) is 4.57. The van der Waals surface area contributed by atoms with Crippen LogP contribution in [0.1, 0.15) is 20.3 Å². The van der Waals surface area contributed by atoms with Crippen LogP contribution in [0.15, 0.2) is 65.9 Å². The third kappa shape index (κ3) is 3.35. The lowest BCUT2D eigenvalue weighted by molar-refractivity contribution is 0.693. The smallest absolute Gasteiger partial charge is 0.0384 e. The molecule has 0 aromatic heterocycles. The molecule has 1 nitrogen and oxygen atoms in total. The second kappa shape index (κ2) is 5.53. The van der Waals surface area contributed by atoms with Gasteiger partial charge in [0.1, 0.15) is 0 Å². The first-order valence-corrected chi connectivity index (χ1v) is 6.13. The van der Waals surface area contributed by atoms with Gasteiger partial charge in [-0.25, -0.2) is 0 Å². The monoisotopic (exact) mass is 225 g/mol. The summed E-state index contributed by atoms with van der Waals surface area (Å²) in [5.41, 5.74) is 3.70. The zero-order valence-electron chi connectivity index (χ0n) is 10.5. The highest BCUT2D eigenvalue weighted by molar-refractivity contribution is 5.51. The van der Waals surface area contributed by atoms with Crippen molar-refractivity contribution in [3.05, 3.63) is 65.9 Å². The molecule has 1 unspecified atom stereocenters. The van der Waals surface area contributed by atoms with Gasteiger partial charge in [-0.3, -0.25) is 0 Å². The van der Waals surface area contributed by atoms with E-state index in [1.807, 2.05) is 18.2 Å². The van der Waals surface area contributed by atoms with Crippen LogP contribution < -0.4 is 5.32 Å². The van der Waals surface area contributed by atoms with Gasteiger partial charge in [-0.1, -0.05) is 42.8 Å². The Balaban J connectivity index is 2.19. The van der Waals surface area contributed by atoms with E-state index in [2.05, 4.69) is 55.6 Å². The van der Waals surface area contributed by atoms with E-state index in [0.29, 0.717) is 5.92 Å². The summed E-state index contributed by atoms with van der Waals surface area (Å²) in [6.07, 6.45) is 9.85. The molecule has 0 aliphatic heterocycles. The summed E-state index contributed by atoms with van der Waals surface area (Å²) in [6, 6.07) is 10.3. The number of nitrogens with one attached hydrogen (secondary N) is 1. The van der Waals surface area contributed by atoms with Crippen LogP contribution in [0.2, 0.25) is 0 Å². The van der Waals surface area contributed by atoms with Crippen LogP contribution in [-0.2, 0) is 0 Å². The van der Waals surface area contributed by atoms with E-state index in [1.54, 1.807) is 0 Å². The van der Waals surface area contributed by atoms with Gasteiger partial charge in [-0.2, -0.15) is 0 Å². The second-order valence-corrected chi connectivity index (χ2v) is 4.57. The molecule has 2 rings (SSSR count). The Morgan fingerprint density at radius 1 is 1.18 bits per heavy atom. The zero-order valence-corrected chi connectivity index (χ0v) is 10.5. The van der Waals surface area contributed by atoms with E-state index in [1.165, 1.54) is 5.57 Å². The number of hydrogen-bond acceptors (Lipinski definition) is 1. The Labute approximate surface area is 104 Å². The van der Waals surface area contributed by atoms with E-state index in [0.717, 1.165) is 17.8 Å². The van der Waals surface area contributed by atoms with E-state index in [9.17, 15) is 0 Å². The molecule has 17 heavy (non-hydrogen) atoms. The first-order valence-electron chi connectivity index (χ1n) is 6.13. The number of para-hydroxylation sites is 1. The van der Waals surface area contributed by atoms with Gasteiger partial charge < -0.3 is 5.32 Å². The molecule has 0 heterocycles. The van der Waals surface area contributed by atoms with Crippen LogP contribution in [0, 0.1) is 5.92 Å². The molecule has 0 amide bonds. The molecule has 0 bridgehead atoms. The van der Waals surface area contributed by atoms with E-state index >= 15 is 0 Å². The number of benzene rings is 1. The fraction of sp³-hybridized carbons (Fsp3) is 0.250. The summed E-state index contributed by atoms with van der Waals surface area (Å²) >= 11 is 0. The maximum absolute atomic E-state index is 3.43. The molecule has 0 radical (unpaired) electrons. The van der Waals surface area contributed by atoms with Gasteiger partial charge in [0.05, 0.1) is 0 Å². The Bertz CT molecular complexity index is 452. The molecule has 0 spiro atoms. The predicted molar refractivity (Wildman–Crippen MR) is 74.8 cm³/mol. The average Bonchev–Trinajstić information content (AvgIpc) is 2.33. The van der Waals surface area contributed by atoms with Gasteiger partial charge in [0, 0.05) is 11.4 Å². The Morgan fingerprint density at radius 2 is 1.94 bits per heavy atom. The first-order chi connectivity index (χ1) is 8.25. The van der Waals surface area contributed by atoms with Crippen molar-refractivity contribution in [1.82, 2.24) is 0 Å². The Kier molecular flexibility index (Phi) is 3.81. The van der Waals surface area contributed by atoms with Crippen molar-refractivity contribution in [2.75, 3.05) is 5.32 Å². The van der Waals surface area contributed by atoms with Crippen molar-refractivity contribution < 1.29 is 0 Å². The number of allylic oxidation sites excluding steroid dienone is 5. The van der Waals surface area contributed by atoms with Crippen LogP contribution in [0.25, 0.3) is 0 Å². The number of rotatable bonds is 2. The maximum Gasteiger partial charge on any atom is 0.0384 e. The third-order valence-electron chi connectivity index (χ3n) is 3.12. The molecular weight excluding hydrogens is 206 g/mol. The lowest BCUT2D eigenvalue weighted by atomic mass is 9.96. The molecule has 1 aromatic rings. The molecule has 1 aromatic carbocycles. The minimum absolute atomic E-state index is 0.618. The van der Waals surface area contributed by atoms with Gasteiger partial charge in [-0.05, 0) is 43.5 Å². The minimum atomic E-state index is 0.618. The van der Waals surface area contributed by atoms with Gasteiger partial charge in [0.15, 0.2) is 0 Å². The highest BCUT2D eigenvalue weighted by Crippen LogP contribution is 2.20. The highest BCUT2D eigenvalue weighted by atomic mass is 14.9. The van der Waals surface area contributed by atoms with Gasteiger partial charge >= 0.3 is 0 Å². The summed E-state index contributed by atoms with van der Waals surface area (Å²) < 4.78 is 0. The minimum Gasteiger partial charge on any atom is -0.356 e. The normalized spacial score (nSPS) is 28.0. The van der Waals surface area contributed by atoms with Crippen molar-refractivity contribution in [3.63, 3.8) is 0 Å².